The molecule has 0 fully saturated rings. The molecule has 0 amide bonds. The number of hydrogen-bond acceptors (Lipinski definition) is 6. The van der Waals surface area contributed by atoms with Crippen molar-refractivity contribution in [3.63, 3.8) is 0 Å². The third-order valence-corrected chi connectivity index (χ3v) is 3.04. The molecular weight excluding hydrogens is 276 g/mol. The highest BCUT2D eigenvalue weighted by Gasteiger charge is 2.01. The lowest BCUT2D eigenvalue weighted by atomic mass is 10.2. The zero-order chi connectivity index (χ0) is 15.2. The van der Waals surface area contributed by atoms with Gasteiger partial charge in [-0.25, -0.2) is 0 Å². The molecule has 0 saturated carbocycles. The molecule has 0 aliphatic heterocycles. The van der Waals surface area contributed by atoms with Crippen LogP contribution in [-0.4, -0.2) is 20.2 Å². The number of aromatic nitrogens is 4. The zero-order valence-corrected chi connectivity index (χ0v) is 12.2. The summed E-state index contributed by atoms with van der Waals surface area (Å²) in [6.07, 6.45) is 3.34. The largest absolute Gasteiger partial charge is 0.347 e. The molecule has 2 aromatic heterocycles. The minimum atomic E-state index is 0.461. The Morgan fingerprint density at radius 2 is 1.91 bits per heavy atom. The van der Waals surface area contributed by atoms with Crippen LogP contribution in [0.2, 0.25) is 0 Å². The van der Waals surface area contributed by atoms with E-state index in [-0.39, 0.29) is 0 Å². The molecule has 6 heteroatoms. The summed E-state index contributed by atoms with van der Waals surface area (Å²) in [6, 6.07) is 13.8. The van der Waals surface area contributed by atoms with Crippen molar-refractivity contribution < 1.29 is 0 Å². The summed E-state index contributed by atoms with van der Waals surface area (Å²) in [5, 5.41) is 14.2. The first-order valence-corrected chi connectivity index (χ1v) is 6.97. The van der Waals surface area contributed by atoms with Gasteiger partial charge in [-0.15, -0.1) is 5.10 Å². The van der Waals surface area contributed by atoms with E-state index in [0.717, 1.165) is 11.4 Å². The number of benzene rings is 1. The molecule has 0 spiro atoms. The average molecular weight is 292 g/mol. The van der Waals surface area contributed by atoms with Gasteiger partial charge in [-0.1, -0.05) is 23.8 Å². The first-order valence-electron chi connectivity index (χ1n) is 6.97. The van der Waals surface area contributed by atoms with Crippen LogP contribution >= 0.6 is 0 Å². The van der Waals surface area contributed by atoms with Gasteiger partial charge in [0.2, 0.25) is 5.95 Å². The van der Waals surface area contributed by atoms with Gasteiger partial charge >= 0.3 is 0 Å². The van der Waals surface area contributed by atoms with Crippen LogP contribution < -0.4 is 10.6 Å². The lowest BCUT2D eigenvalue weighted by molar-refractivity contribution is 0.934. The van der Waals surface area contributed by atoms with E-state index in [1.165, 1.54) is 5.56 Å². The second kappa shape index (κ2) is 6.62. The first-order chi connectivity index (χ1) is 10.8. The third kappa shape index (κ3) is 3.76. The number of nitrogens with one attached hydrogen (secondary N) is 2. The van der Waals surface area contributed by atoms with E-state index in [1.807, 2.05) is 42.5 Å². The minimum Gasteiger partial charge on any atom is -0.347 e. The summed E-state index contributed by atoms with van der Waals surface area (Å²) < 4.78 is 0. The van der Waals surface area contributed by atoms with Crippen molar-refractivity contribution in [2.75, 3.05) is 10.6 Å². The van der Waals surface area contributed by atoms with Gasteiger partial charge in [0.15, 0.2) is 5.82 Å². The van der Waals surface area contributed by atoms with E-state index in [1.54, 1.807) is 12.4 Å². The van der Waals surface area contributed by atoms with Crippen molar-refractivity contribution in [1.82, 2.24) is 20.2 Å². The maximum absolute atomic E-state index is 4.38. The number of aryl methyl sites for hydroxylation is 1. The van der Waals surface area contributed by atoms with Gasteiger partial charge in [0.25, 0.3) is 0 Å². The number of pyridine rings is 1. The molecule has 0 atom stereocenters. The Labute approximate surface area is 128 Å². The van der Waals surface area contributed by atoms with Gasteiger partial charge in [0.05, 0.1) is 18.4 Å². The molecule has 110 valence electrons. The van der Waals surface area contributed by atoms with E-state index in [0.29, 0.717) is 18.3 Å². The minimum absolute atomic E-state index is 0.461. The highest BCUT2D eigenvalue weighted by atomic mass is 15.3. The second-order valence-electron chi connectivity index (χ2n) is 4.83. The van der Waals surface area contributed by atoms with Gasteiger partial charge in [-0.2, -0.15) is 10.1 Å². The number of anilines is 3. The van der Waals surface area contributed by atoms with Crippen molar-refractivity contribution in [1.29, 1.82) is 0 Å². The van der Waals surface area contributed by atoms with Crippen LogP contribution in [0.15, 0.2) is 54.9 Å². The average Bonchev–Trinajstić information content (AvgIpc) is 2.57. The Hall–Kier alpha value is -3.02. The summed E-state index contributed by atoms with van der Waals surface area (Å²) in [5.74, 6) is 1.10. The van der Waals surface area contributed by atoms with Gasteiger partial charge in [0, 0.05) is 11.9 Å². The Morgan fingerprint density at radius 3 is 2.68 bits per heavy atom. The van der Waals surface area contributed by atoms with E-state index in [4.69, 9.17) is 0 Å². The molecule has 6 nitrogen and oxygen atoms in total. The molecule has 0 bridgehead atoms. The highest BCUT2D eigenvalue weighted by Crippen LogP contribution is 2.15. The number of rotatable bonds is 5. The topological polar surface area (TPSA) is 75.6 Å². The summed E-state index contributed by atoms with van der Waals surface area (Å²) in [7, 11) is 0. The van der Waals surface area contributed by atoms with Crippen LogP contribution in [0.4, 0.5) is 17.5 Å². The second-order valence-corrected chi connectivity index (χ2v) is 4.83. The van der Waals surface area contributed by atoms with Gasteiger partial charge < -0.3 is 10.6 Å². The lowest BCUT2D eigenvalue weighted by Gasteiger charge is -2.07. The van der Waals surface area contributed by atoms with Crippen LogP contribution in [0.1, 0.15) is 11.3 Å². The van der Waals surface area contributed by atoms with Gasteiger partial charge in [-0.3, -0.25) is 4.98 Å². The maximum Gasteiger partial charge on any atom is 0.245 e. The standard InChI is InChI=1S/C16H16N6/c1-12-5-7-13(8-6-12)20-15-11-19-22-16(21-15)18-10-14-4-2-3-9-17-14/h2-9,11H,10H2,1H3,(H2,18,20,21,22). The fraction of sp³-hybridized carbons (Fsp3) is 0.125. The molecule has 3 rings (SSSR count). The number of nitrogens with zero attached hydrogens (tertiary/aromatic N) is 4. The summed E-state index contributed by atoms with van der Waals surface area (Å²) >= 11 is 0. The van der Waals surface area contributed by atoms with Crippen LogP contribution in [-0.2, 0) is 6.54 Å². The van der Waals surface area contributed by atoms with Crippen LogP contribution in [0.25, 0.3) is 0 Å². The van der Waals surface area contributed by atoms with Gasteiger partial charge in [-0.05, 0) is 31.2 Å². The van der Waals surface area contributed by atoms with Crippen molar-refractivity contribution in [3.8, 4) is 0 Å². The zero-order valence-electron chi connectivity index (χ0n) is 12.2. The Balaban J connectivity index is 1.66. The van der Waals surface area contributed by atoms with Crippen molar-refractivity contribution >= 4 is 17.5 Å². The molecule has 3 aromatic rings. The molecule has 1 aromatic carbocycles. The first kappa shape index (κ1) is 13.9. The summed E-state index contributed by atoms with van der Waals surface area (Å²) in [5.41, 5.74) is 3.09. The Kier molecular flexibility index (Phi) is 4.20. The molecule has 0 aliphatic carbocycles. The lowest BCUT2D eigenvalue weighted by Crippen LogP contribution is -2.07. The summed E-state index contributed by atoms with van der Waals surface area (Å²) in [4.78, 5) is 8.62. The molecule has 0 aliphatic rings. The quantitative estimate of drug-likeness (QED) is 0.753. The van der Waals surface area contributed by atoms with E-state index < -0.39 is 0 Å². The fourth-order valence-corrected chi connectivity index (χ4v) is 1.90. The van der Waals surface area contributed by atoms with Crippen LogP contribution in [0.5, 0.6) is 0 Å². The fourth-order valence-electron chi connectivity index (χ4n) is 1.90. The van der Waals surface area contributed by atoms with Crippen LogP contribution in [0, 0.1) is 6.92 Å². The highest BCUT2D eigenvalue weighted by molar-refractivity contribution is 5.56. The Morgan fingerprint density at radius 1 is 1.05 bits per heavy atom. The molecule has 22 heavy (non-hydrogen) atoms. The predicted molar refractivity (Wildman–Crippen MR) is 85.9 cm³/mol. The van der Waals surface area contributed by atoms with Crippen LogP contribution in [0.3, 0.4) is 0 Å². The van der Waals surface area contributed by atoms with Crippen molar-refractivity contribution in [3.05, 3.63) is 66.1 Å². The third-order valence-electron chi connectivity index (χ3n) is 3.04. The monoisotopic (exact) mass is 292 g/mol. The van der Waals surface area contributed by atoms with Gasteiger partial charge in [0.1, 0.15) is 0 Å². The van der Waals surface area contributed by atoms with Crippen molar-refractivity contribution in [2.24, 2.45) is 0 Å². The molecular formula is C16H16N6. The van der Waals surface area contributed by atoms with E-state index >= 15 is 0 Å². The van der Waals surface area contributed by atoms with E-state index in [2.05, 4.69) is 37.7 Å². The maximum atomic E-state index is 4.38. The molecule has 2 N–H and O–H groups in total. The molecule has 0 unspecified atom stereocenters. The normalized spacial score (nSPS) is 10.2. The molecule has 0 radical (unpaired) electrons. The number of hydrogen-bond donors (Lipinski definition) is 2. The summed E-state index contributed by atoms with van der Waals surface area (Å²) in [6.45, 7) is 2.60. The molecule has 2 heterocycles. The van der Waals surface area contributed by atoms with Crippen molar-refractivity contribution in [2.45, 2.75) is 13.5 Å². The van der Waals surface area contributed by atoms with E-state index in [9.17, 15) is 0 Å². The smallest absolute Gasteiger partial charge is 0.245 e. The molecule has 0 saturated heterocycles. The predicted octanol–water partition coefficient (Wildman–Crippen LogP) is 2.93. The Bertz CT molecular complexity index is 727. The SMILES string of the molecule is Cc1ccc(Nc2cnnc(NCc3ccccn3)n2)cc1.